The van der Waals surface area contributed by atoms with Crippen LogP contribution in [0.5, 0.6) is 0 Å². The molecular formula is C15H20ClN3O2. The highest BCUT2D eigenvalue weighted by Crippen LogP contribution is 2.35. The van der Waals surface area contributed by atoms with Gasteiger partial charge in [0.25, 0.3) is 5.69 Å². The standard InChI is InChI=1S/C15H20ClN3O2/c1-11-8-13(19(20)21)9-14(16)15(11)18-6-4-17(5-7-18)10-12-2-3-12/h8-9,12H,2-7,10H2,1H3. The lowest BCUT2D eigenvalue weighted by Crippen LogP contribution is -2.47. The average molecular weight is 310 g/mol. The normalized spacial score (nSPS) is 19.8. The van der Waals surface area contributed by atoms with Crippen LogP contribution in [0, 0.1) is 23.0 Å². The van der Waals surface area contributed by atoms with Crippen molar-refractivity contribution < 1.29 is 4.92 Å². The summed E-state index contributed by atoms with van der Waals surface area (Å²) in [7, 11) is 0. The van der Waals surface area contributed by atoms with Gasteiger partial charge < -0.3 is 4.90 Å². The predicted molar refractivity (Wildman–Crippen MR) is 84.2 cm³/mol. The van der Waals surface area contributed by atoms with Crippen molar-refractivity contribution >= 4 is 23.0 Å². The summed E-state index contributed by atoms with van der Waals surface area (Å²) in [6.07, 6.45) is 2.76. The molecule has 5 nitrogen and oxygen atoms in total. The highest BCUT2D eigenvalue weighted by Gasteiger charge is 2.27. The average Bonchev–Trinajstić information content (AvgIpc) is 3.23. The van der Waals surface area contributed by atoms with E-state index in [4.69, 9.17) is 11.6 Å². The van der Waals surface area contributed by atoms with Crippen LogP contribution in [0.1, 0.15) is 18.4 Å². The summed E-state index contributed by atoms with van der Waals surface area (Å²) in [5.41, 5.74) is 1.90. The molecule has 21 heavy (non-hydrogen) atoms. The molecule has 0 spiro atoms. The van der Waals surface area contributed by atoms with Gasteiger partial charge in [0.2, 0.25) is 0 Å². The molecule has 0 unspecified atom stereocenters. The summed E-state index contributed by atoms with van der Waals surface area (Å²) < 4.78 is 0. The first kappa shape index (κ1) is 14.6. The third kappa shape index (κ3) is 3.30. The lowest BCUT2D eigenvalue weighted by molar-refractivity contribution is -0.384. The van der Waals surface area contributed by atoms with Gasteiger partial charge in [-0.3, -0.25) is 15.0 Å². The summed E-state index contributed by atoms with van der Waals surface area (Å²) >= 11 is 6.28. The lowest BCUT2D eigenvalue weighted by atomic mass is 10.1. The predicted octanol–water partition coefficient (Wildman–Crippen LogP) is 3.09. The number of nitro groups is 1. The fourth-order valence-electron chi connectivity index (χ4n) is 3.04. The molecule has 1 saturated heterocycles. The first-order chi connectivity index (χ1) is 10.0. The molecular weight excluding hydrogens is 290 g/mol. The number of rotatable bonds is 4. The Kier molecular flexibility index (Phi) is 4.04. The Hall–Kier alpha value is -1.33. The molecule has 1 heterocycles. The van der Waals surface area contributed by atoms with E-state index < -0.39 is 4.92 Å². The number of hydrogen-bond donors (Lipinski definition) is 0. The van der Waals surface area contributed by atoms with Gasteiger partial charge in [-0.25, -0.2) is 0 Å². The van der Waals surface area contributed by atoms with E-state index in [9.17, 15) is 10.1 Å². The Labute approximate surface area is 129 Å². The maximum atomic E-state index is 10.9. The molecule has 1 aromatic rings. The first-order valence-electron chi connectivity index (χ1n) is 7.46. The van der Waals surface area contributed by atoms with E-state index in [1.807, 2.05) is 6.92 Å². The van der Waals surface area contributed by atoms with Crippen molar-refractivity contribution in [3.63, 3.8) is 0 Å². The SMILES string of the molecule is Cc1cc([N+](=O)[O-])cc(Cl)c1N1CCN(CC2CC2)CC1. The number of non-ortho nitro benzene ring substituents is 1. The molecule has 1 saturated carbocycles. The molecule has 1 aromatic carbocycles. The fourth-order valence-corrected chi connectivity index (χ4v) is 3.42. The molecule has 2 aliphatic rings. The molecule has 0 amide bonds. The minimum Gasteiger partial charge on any atom is -0.368 e. The number of hydrogen-bond acceptors (Lipinski definition) is 4. The molecule has 114 valence electrons. The third-order valence-corrected chi connectivity index (χ3v) is 4.64. The van der Waals surface area contributed by atoms with Gasteiger partial charge in [0.15, 0.2) is 0 Å². The maximum Gasteiger partial charge on any atom is 0.271 e. The van der Waals surface area contributed by atoms with Crippen molar-refractivity contribution in [1.29, 1.82) is 0 Å². The van der Waals surface area contributed by atoms with E-state index in [0.29, 0.717) is 5.02 Å². The quantitative estimate of drug-likeness (QED) is 0.633. The Balaban J connectivity index is 1.71. The van der Waals surface area contributed by atoms with Crippen LogP contribution < -0.4 is 4.90 Å². The number of benzene rings is 1. The number of halogens is 1. The van der Waals surface area contributed by atoms with Crippen LogP contribution in [0.25, 0.3) is 0 Å². The first-order valence-corrected chi connectivity index (χ1v) is 7.84. The van der Waals surface area contributed by atoms with Gasteiger partial charge in [-0.1, -0.05) is 11.6 Å². The summed E-state index contributed by atoms with van der Waals surface area (Å²) in [6.45, 7) is 7.08. The Morgan fingerprint density at radius 2 is 1.95 bits per heavy atom. The van der Waals surface area contributed by atoms with E-state index in [1.54, 1.807) is 6.07 Å². The van der Waals surface area contributed by atoms with E-state index in [0.717, 1.165) is 43.3 Å². The largest absolute Gasteiger partial charge is 0.368 e. The number of nitrogens with zero attached hydrogens (tertiary/aromatic N) is 3. The zero-order chi connectivity index (χ0) is 15.0. The highest BCUT2D eigenvalue weighted by molar-refractivity contribution is 6.33. The lowest BCUT2D eigenvalue weighted by Gasteiger charge is -2.37. The Bertz CT molecular complexity index is 529. The van der Waals surface area contributed by atoms with Crippen LogP contribution >= 0.6 is 11.6 Å². The van der Waals surface area contributed by atoms with Gasteiger partial charge in [-0.15, -0.1) is 0 Å². The zero-order valence-electron chi connectivity index (χ0n) is 12.2. The molecule has 1 aliphatic carbocycles. The third-order valence-electron chi connectivity index (χ3n) is 4.35. The van der Waals surface area contributed by atoms with Crippen LogP contribution in [0.15, 0.2) is 12.1 Å². The van der Waals surface area contributed by atoms with Gasteiger partial charge in [-0.2, -0.15) is 0 Å². The number of anilines is 1. The molecule has 1 aliphatic heterocycles. The van der Waals surface area contributed by atoms with Gasteiger partial charge in [0.05, 0.1) is 15.6 Å². The molecule has 2 fully saturated rings. The van der Waals surface area contributed by atoms with Gasteiger partial charge in [-0.05, 0) is 31.2 Å². The number of nitro benzene ring substituents is 1. The summed E-state index contributed by atoms with van der Waals surface area (Å²) in [6, 6.07) is 3.07. The van der Waals surface area contributed by atoms with Crippen molar-refractivity contribution in [1.82, 2.24) is 4.90 Å². The zero-order valence-corrected chi connectivity index (χ0v) is 13.0. The van der Waals surface area contributed by atoms with Crippen molar-refractivity contribution in [2.24, 2.45) is 5.92 Å². The van der Waals surface area contributed by atoms with Gasteiger partial charge in [0, 0.05) is 44.9 Å². The molecule has 3 rings (SSSR count). The van der Waals surface area contributed by atoms with E-state index in [1.165, 1.54) is 25.5 Å². The number of aryl methyl sites for hydroxylation is 1. The summed E-state index contributed by atoms with van der Waals surface area (Å²) in [4.78, 5) is 15.2. The molecule has 0 atom stereocenters. The minimum atomic E-state index is -0.393. The highest BCUT2D eigenvalue weighted by atomic mass is 35.5. The minimum absolute atomic E-state index is 0.0635. The second-order valence-electron chi connectivity index (χ2n) is 6.08. The fraction of sp³-hybridized carbons (Fsp3) is 0.600. The van der Waals surface area contributed by atoms with E-state index in [2.05, 4.69) is 9.80 Å². The van der Waals surface area contributed by atoms with Crippen LogP contribution in [-0.4, -0.2) is 42.5 Å². The second-order valence-corrected chi connectivity index (χ2v) is 6.49. The molecule has 0 radical (unpaired) electrons. The molecule has 0 aromatic heterocycles. The van der Waals surface area contributed by atoms with Crippen molar-refractivity contribution in [2.75, 3.05) is 37.6 Å². The summed E-state index contributed by atoms with van der Waals surface area (Å²) in [5.74, 6) is 0.918. The second kappa shape index (κ2) is 5.81. The number of piperazine rings is 1. The summed E-state index contributed by atoms with van der Waals surface area (Å²) in [5, 5.41) is 11.4. The molecule has 6 heteroatoms. The van der Waals surface area contributed by atoms with E-state index >= 15 is 0 Å². The Morgan fingerprint density at radius 3 is 2.48 bits per heavy atom. The topological polar surface area (TPSA) is 49.6 Å². The van der Waals surface area contributed by atoms with Crippen molar-refractivity contribution in [2.45, 2.75) is 19.8 Å². The molecule has 0 bridgehead atoms. The van der Waals surface area contributed by atoms with Crippen LogP contribution in [-0.2, 0) is 0 Å². The van der Waals surface area contributed by atoms with Crippen LogP contribution in [0.4, 0.5) is 11.4 Å². The van der Waals surface area contributed by atoms with Gasteiger partial charge >= 0.3 is 0 Å². The smallest absolute Gasteiger partial charge is 0.271 e. The van der Waals surface area contributed by atoms with Crippen LogP contribution in [0.3, 0.4) is 0 Å². The van der Waals surface area contributed by atoms with E-state index in [-0.39, 0.29) is 5.69 Å². The Morgan fingerprint density at radius 1 is 1.29 bits per heavy atom. The molecule has 0 N–H and O–H groups in total. The van der Waals surface area contributed by atoms with Crippen molar-refractivity contribution in [3.05, 3.63) is 32.8 Å². The van der Waals surface area contributed by atoms with Crippen LogP contribution in [0.2, 0.25) is 5.02 Å². The van der Waals surface area contributed by atoms with Gasteiger partial charge in [0.1, 0.15) is 0 Å². The maximum absolute atomic E-state index is 10.9. The van der Waals surface area contributed by atoms with Crippen molar-refractivity contribution in [3.8, 4) is 0 Å². The monoisotopic (exact) mass is 309 g/mol.